The first kappa shape index (κ1) is 17.8. The second kappa shape index (κ2) is 5.22. The number of halogens is 1. The van der Waals surface area contributed by atoms with Gasteiger partial charge < -0.3 is 5.11 Å². The zero-order valence-corrected chi connectivity index (χ0v) is 15.4. The number of Topliss-reactive ketones (excluding diaryl/α,β-unsaturated/α-hetero) is 2. The van der Waals surface area contributed by atoms with E-state index >= 15 is 4.39 Å². The van der Waals surface area contributed by atoms with Crippen molar-refractivity contribution in [2.75, 3.05) is 0 Å². The van der Waals surface area contributed by atoms with Gasteiger partial charge in [-0.2, -0.15) is 0 Å². The van der Waals surface area contributed by atoms with Gasteiger partial charge in [0.2, 0.25) is 0 Å². The number of ketones is 3. The van der Waals surface area contributed by atoms with Crippen LogP contribution in [0, 0.1) is 28.6 Å². The van der Waals surface area contributed by atoms with Crippen molar-refractivity contribution in [2.45, 2.75) is 58.2 Å². The molecule has 4 rings (SSSR count). The molecule has 0 spiro atoms. The highest BCUT2D eigenvalue weighted by Crippen LogP contribution is 2.66. The van der Waals surface area contributed by atoms with Crippen LogP contribution < -0.4 is 0 Å². The number of alkyl halides is 1. The van der Waals surface area contributed by atoms with Gasteiger partial charge in [-0.25, -0.2) is 4.39 Å². The van der Waals surface area contributed by atoms with E-state index in [1.165, 1.54) is 19.1 Å². The van der Waals surface area contributed by atoms with Crippen LogP contribution >= 0.6 is 0 Å². The highest BCUT2D eigenvalue weighted by atomic mass is 19.1. The molecule has 4 aliphatic rings. The first-order valence-corrected chi connectivity index (χ1v) is 9.40. The Balaban J connectivity index is 1.81. The predicted molar refractivity (Wildman–Crippen MR) is 92.9 cm³/mol. The highest BCUT2D eigenvalue weighted by molar-refractivity contribution is 6.02. The van der Waals surface area contributed by atoms with E-state index in [0.29, 0.717) is 18.4 Å². The molecule has 3 fully saturated rings. The third kappa shape index (κ3) is 1.95. The van der Waals surface area contributed by atoms with Crippen molar-refractivity contribution in [3.05, 3.63) is 23.8 Å². The lowest BCUT2D eigenvalue weighted by Crippen LogP contribution is -2.61. The van der Waals surface area contributed by atoms with Crippen molar-refractivity contribution >= 4 is 17.3 Å². The smallest absolute Gasteiger partial charge is 0.178 e. The topological polar surface area (TPSA) is 71.4 Å². The van der Waals surface area contributed by atoms with Crippen molar-refractivity contribution in [3.8, 4) is 0 Å². The van der Waals surface area contributed by atoms with Crippen LogP contribution in [-0.4, -0.2) is 34.2 Å². The van der Waals surface area contributed by atoms with E-state index < -0.39 is 28.5 Å². The van der Waals surface area contributed by atoms with Gasteiger partial charge in [0.15, 0.2) is 11.6 Å². The van der Waals surface area contributed by atoms with Crippen molar-refractivity contribution in [1.29, 1.82) is 0 Å². The summed E-state index contributed by atoms with van der Waals surface area (Å²) in [5.74, 6) is -1.30. The Labute approximate surface area is 152 Å². The first-order chi connectivity index (χ1) is 12.0. The molecule has 4 nitrogen and oxygen atoms in total. The van der Waals surface area contributed by atoms with Crippen LogP contribution in [0.5, 0.6) is 0 Å². The summed E-state index contributed by atoms with van der Waals surface area (Å²) >= 11 is 0. The molecule has 0 radical (unpaired) electrons. The van der Waals surface area contributed by atoms with Crippen LogP contribution in [0.3, 0.4) is 0 Å². The summed E-state index contributed by atoms with van der Waals surface area (Å²) in [4.78, 5) is 37.2. The maximum absolute atomic E-state index is 15.1. The third-order valence-electron chi connectivity index (χ3n) is 7.97. The van der Waals surface area contributed by atoms with Gasteiger partial charge in [0.05, 0.1) is 0 Å². The normalized spacial score (nSPS) is 50.0. The largest absolute Gasteiger partial charge is 0.381 e. The van der Waals surface area contributed by atoms with E-state index in [1.807, 2.05) is 13.8 Å². The van der Waals surface area contributed by atoms with E-state index in [9.17, 15) is 19.5 Å². The quantitative estimate of drug-likeness (QED) is 0.780. The molecule has 0 amide bonds. The van der Waals surface area contributed by atoms with E-state index in [1.54, 1.807) is 6.08 Å². The molecule has 140 valence electrons. The Morgan fingerprint density at radius 1 is 1.31 bits per heavy atom. The number of aliphatic hydroxyl groups is 1. The van der Waals surface area contributed by atoms with Crippen molar-refractivity contribution in [1.82, 2.24) is 0 Å². The molecule has 3 saturated carbocycles. The summed E-state index contributed by atoms with van der Waals surface area (Å²) in [7, 11) is 0. The summed E-state index contributed by atoms with van der Waals surface area (Å²) in [6.45, 7) is 5.04. The number of rotatable bonds is 1. The Morgan fingerprint density at radius 3 is 2.65 bits per heavy atom. The number of hydrogen-bond acceptors (Lipinski definition) is 4. The SMILES string of the molecule is CC(=O)[C@@]1(O)CC[C@H]2[C@@H]3CC(F)C4=CC(=O)C=C[C@]4(C)[C@H]3C(=O)C[C@@]21C. The second-order valence-electron chi connectivity index (χ2n) is 9.09. The molecule has 0 aromatic carbocycles. The summed E-state index contributed by atoms with van der Waals surface area (Å²) in [6, 6.07) is 0. The van der Waals surface area contributed by atoms with Crippen LogP contribution in [0.15, 0.2) is 23.8 Å². The van der Waals surface area contributed by atoms with E-state index in [4.69, 9.17) is 0 Å². The number of carbonyl (C=O) groups excluding carboxylic acids is 3. The maximum atomic E-state index is 15.1. The molecule has 7 atom stereocenters. The van der Waals surface area contributed by atoms with Gasteiger partial charge >= 0.3 is 0 Å². The van der Waals surface area contributed by atoms with Crippen LogP contribution in [0.1, 0.15) is 46.5 Å². The molecule has 0 aliphatic heterocycles. The fourth-order valence-corrected chi connectivity index (χ4v) is 6.63. The second-order valence-corrected chi connectivity index (χ2v) is 9.09. The highest BCUT2D eigenvalue weighted by Gasteiger charge is 2.68. The Bertz CT molecular complexity index is 783. The number of hydrogen-bond donors (Lipinski definition) is 1. The van der Waals surface area contributed by atoms with Gasteiger partial charge in [0.25, 0.3) is 0 Å². The van der Waals surface area contributed by atoms with Crippen molar-refractivity contribution < 1.29 is 23.9 Å². The lowest BCUT2D eigenvalue weighted by Gasteiger charge is -2.57. The molecule has 4 aliphatic carbocycles. The molecular weight excluding hydrogens is 335 g/mol. The van der Waals surface area contributed by atoms with Crippen LogP contribution in [0.4, 0.5) is 4.39 Å². The molecule has 0 aromatic rings. The molecule has 1 unspecified atom stereocenters. The Kier molecular flexibility index (Phi) is 3.57. The zero-order valence-electron chi connectivity index (χ0n) is 15.4. The van der Waals surface area contributed by atoms with Gasteiger partial charge in [-0.3, -0.25) is 14.4 Å². The molecule has 5 heteroatoms. The van der Waals surface area contributed by atoms with Crippen molar-refractivity contribution in [2.24, 2.45) is 28.6 Å². The Hall–Kier alpha value is -1.62. The van der Waals surface area contributed by atoms with Gasteiger partial charge in [-0.15, -0.1) is 0 Å². The van der Waals surface area contributed by atoms with Crippen molar-refractivity contribution in [3.63, 3.8) is 0 Å². The lowest BCUT2D eigenvalue weighted by atomic mass is 9.46. The van der Waals surface area contributed by atoms with E-state index in [-0.39, 0.29) is 42.0 Å². The summed E-state index contributed by atoms with van der Waals surface area (Å²) in [5, 5.41) is 11.1. The first-order valence-electron chi connectivity index (χ1n) is 9.40. The Morgan fingerprint density at radius 2 is 2.00 bits per heavy atom. The standard InChI is InChI=1S/C21H25FO4/c1-11(23)21(26)7-5-14-13-9-16(22)15-8-12(24)4-6-19(15,2)18(13)17(25)10-20(14,21)3/h4,6,8,13-14,16,18,26H,5,7,9-10H2,1-3H3/t13-,14-,16?,18+,19-,20-,21-/m0/s1. The van der Waals surface area contributed by atoms with Gasteiger partial charge in [0.1, 0.15) is 17.6 Å². The average Bonchev–Trinajstić information content (AvgIpc) is 2.81. The average molecular weight is 360 g/mol. The monoisotopic (exact) mass is 360 g/mol. The minimum Gasteiger partial charge on any atom is -0.381 e. The minimum atomic E-state index is -1.51. The summed E-state index contributed by atoms with van der Waals surface area (Å²) in [5.41, 5.74) is -2.75. The lowest BCUT2D eigenvalue weighted by molar-refractivity contribution is -0.166. The van der Waals surface area contributed by atoms with Crippen LogP contribution in [0.25, 0.3) is 0 Å². The third-order valence-corrected chi connectivity index (χ3v) is 7.97. The number of allylic oxidation sites excluding steroid dienone is 4. The molecule has 26 heavy (non-hydrogen) atoms. The van der Waals surface area contributed by atoms with E-state index in [0.717, 1.165) is 0 Å². The molecule has 0 bridgehead atoms. The molecular formula is C21H25FO4. The van der Waals surface area contributed by atoms with E-state index in [2.05, 4.69) is 0 Å². The van der Waals surface area contributed by atoms with Gasteiger partial charge in [-0.1, -0.05) is 19.9 Å². The molecule has 0 aromatic heterocycles. The fourth-order valence-electron chi connectivity index (χ4n) is 6.63. The molecule has 0 heterocycles. The minimum absolute atomic E-state index is 0.0328. The van der Waals surface area contributed by atoms with Crippen LogP contribution in [0.2, 0.25) is 0 Å². The fraction of sp³-hybridized carbons (Fsp3) is 0.667. The number of fused-ring (bicyclic) bond motifs is 5. The summed E-state index contributed by atoms with van der Waals surface area (Å²) in [6.07, 6.45) is 4.43. The maximum Gasteiger partial charge on any atom is 0.178 e. The van der Waals surface area contributed by atoms with Crippen LogP contribution in [-0.2, 0) is 14.4 Å². The molecule has 1 N–H and O–H groups in total. The summed E-state index contributed by atoms with van der Waals surface area (Å²) < 4.78 is 15.1. The predicted octanol–water partition coefficient (Wildman–Crippen LogP) is 2.74. The molecule has 0 saturated heterocycles. The van der Waals surface area contributed by atoms with Gasteiger partial charge in [0, 0.05) is 23.2 Å². The van der Waals surface area contributed by atoms with Gasteiger partial charge in [-0.05, 0) is 55.7 Å². The zero-order chi connectivity index (χ0) is 19.1. The number of carbonyl (C=O) groups is 3.